The number of benzene rings is 2. The predicted molar refractivity (Wildman–Crippen MR) is 116 cm³/mol. The van der Waals surface area contributed by atoms with E-state index in [2.05, 4.69) is 22.1 Å². The van der Waals surface area contributed by atoms with Gasteiger partial charge in [-0.25, -0.2) is 9.18 Å². The summed E-state index contributed by atoms with van der Waals surface area (Å²) in [5.74, 6) is -0.667. The number of phenolic OH excluding ortho intramolecular Hbond substituents is 1. The van der Waals surface area contributed by atoms with Crippen LogP contribution in [0.2, 0.25) is 0 Å². The fourth-order valence-corrected chi connectivity index (χ4v) is 2.25. The molecule has 1 aromatic heterocycles. The van der Waals surface area contributed by atoms with E-state index in [-0.39, 0.29) is 23.1 Å². The molecule has 2 N–H and O–H groups in total. The Balaban J connectivity index is 0.000000614. The van der Waals surface area contributed by atoms with E-state index in [9.17, 15) is 14.3 Å². The highest BCUT2D eigenvalue weighted by Crippen LogP contribution is 2.29. The highest BCUT2D eigenvalue weighted by Gasteiger charge is 2.14. The number of ether oxygens (including phenoxy) is 1. The molecule has 3 rings (SSSR count). The van der Waals surface area contributed by atoms with Crippen molar-refractivity contribution in [3.05, 3.63) is 83.5 Å². The van der Waals surface area contributed by atoms with Gasteiger partial charge >= 0.3 is 5.97 Å². The fourth-order valence-electron chi connectivity index (χ4n) is 2.25. The summed E-state index contributed by atoms with van der Waals surface area (Å²) in [6.45, 7) is 9.00. The Labute approximate surface area is 179 Å². The van der Waals surface area contributed by atoms with Crippen LogP contribution in [0.25, 0.3) is 0 Å². The van der Waals surface area contributed by atoms with Crippen LogP contribution in [0.5, 0.6) is 11.5 Å². The number of rotatable bonds is 5. The van der Waals surface area contributed by atoms with Gasteiger partial charge in [0.2, 0.25) is 11.6 Å². The second-order valence-electron chi connectivity index (χ2n) is 6.64. The molecule has 1 heterocycles. The number of halogens is 1. The van der Waals surface area contributed by atoms with Gasteiger partial charge in [0, 0.05) is 13.1 Å². The molecular formula is C23H24FN3O4. The van der Waals surface area contributed by atoms with Gasteiger partial charge in [0.15, 0.2) is 0 Å². The van der Waals surface area contributed by atoms with Gasteiger partial charge in [0.25, 0.3) is 0 Å². The van der Waals surface area contributed by atoms with Gasteiger partial charge in [0.1, 0.15) is 17.3 Å². The number of hydrogen-bond acceptors (Lipinski definition) is 7. The van der Waals surface area contributed by atoms with E-state index in [0.717, 1.165) is 5.70 Å². The molecule has 2 aromatic carbocycles. The van der Waals surface area contributed by atoms with Crippen molar-refractivity contribution in [2.24, 2.45) is 10.2 Å². The topological polar surface area (TPSA) is 96.4 Å². The van der Waals surface area contributed by atoms with Crippen molar-refractivity contribution in [2.75, 3.05) is 7.05 Å². The number of phenols is 1. The molecule has 3 aromatic rings. The van der Waals surface area contributed by atoms with Gasteiger partial charge < -0.3 is 19.6 Å². The van der Waals surface area contributed by atoms with Gasteiger partial charge in [-0.3, -0.25) is 0 Å². The molecular weight excluding hydrogens is 401 g/mol. The highest BCUT2D eigenvalue weighted by atomic mass is 19.1. The lowest BCUT2D eigenvalue weighted by molar-refractivity contribution is 0.0702. The van der Waals surface area contributed by atoms with Crippen molar-refractivity contribution in [3.63, 3.8) is 0 Å². The Morgan fingerprint density at radius 2 is 1.68 bits per heavy atom. The summed E-state index contributed by atoms with van der Waals surface area (Å²) < 4.78 is 23.2. The molecule has 0 unspecified atom stereocenters. The van der Waals surface area contributed by atoms with E-state index >= 15 is 0 Å². The minimum absolute atomic E-state index is 0.0543. The van der Waals surface area contributed by atoms with E-state index in [0.29, 0.717) is 16.8 Å². The number of nitrogens with one attached hydrogen (secondary N) is 1. The maximum Gasteiger partial charge on any atom is 0.379 e. The number of hydrogen-bond donors (Lipinski definition) is 2. The lowest BCUT2D eigenvalue weighted by atomic mass is 10.1. The molecule has 162 valence electrons. The molecule has 0 fully saturated rings. The third kappa shape index (κ3) is 7.11. The van der Waals surface area contributed by atoms with Crippen molar-refractivity contribution in [1.82, 2.24) is 5.32 Å². The van der Waals surface area contributed by atoms with Gasteiger partial charge in [-0.1, -0.05) is 6.58 Å². The van der Waals surface area contributed by atoms with Crippen LogP contribution in [0.4, 0.5) is 16.0 Å². The first-order valence-electron chi connectivity index (χ1n) is 9.32. The number of nitrogens with zero attached hydrogens (tertiary/aromatic N) is 2. The van der Waals surface area contributed by atoms with E-state index in [1.54, 1.807) is 26.0 Å². The zero-order valence-corrected chi connectivity index (χ0v) is 17.8. The first-order valence-corrected chi connectivity index (χ1v) is 9.32. The monoisotopic (exact) mass is 425 g/mol. The van der Waals surface area contributed by atoms with Crippen LogP contribution in [0.1, 0.15) is 28.6 Å². The van der Waals surface area contributed by atoms with Gasteiger partial charge in [-0.15, -0.1) is 10.2 Å². The van der Waals surface area contributed by atoms with Gasteiger partial charge in [0.05, 0.1) is 5.69 Å². The summed E-state index contributed by atoms with van der Waals surface area (Å²) >= 11 is 0. The Morgan fingerprint density at radius 3 is 2.23 bits per heavy atom. The lowest BCUT2D eigenvalue weighted by Crippen LogP contribution is -2.06. The number of aromatic hydroxyl groups is 1. The molecule has 8 heteroatoms. The molecule has 0 radical (unpaired) electrons. The Hall–Kier alpha value is -3.94. The molecule has 0 bridgehead atoms. The molecule has 0 amide bonds. The quantitative estimate of drug-likeness (QED) is 0.292. The van der Waals surface area contributed by atoms with E-state index in [1.807, 2.05) is 14.0 Å². The summed E-state index contributed by atoms with van der Waals surface area (Å²) in [5.41, 5.74) is 2.92. The molecule has 0 spiro atoms. The third-order valence-corrected chi connectivity index (χ3v) is 3.98. The van der Waals surface area contributed by atoms with Crippen LogP contribution in [0.15, 0.2) is 75.5 Å². The van der Waals surface area contributed by atoms with Crippen LogP contribution >= 0.6 is 0 Å². The smallest absolute Gasteiger partial charge is 0.379 e. The van der Waals surface area contributed by atoms with E-state index in [4.69, 9.17) is 9.15 Å². The highest BCUT2D eigenvalue weighted by molar-refractivity contribution is 5.88. The van der Waals surface area contributed by atoms with Crippen LogP contribution < -0.4 is 10.1 Å². The number of carbonyl (C=O) groups excluding carboxylic acids is 1. The fraction of sp³-hybridized carbons (Fsp3) is 0.174. The zero-order valence-electron chi connectivity index (χ0n) is 17.8. The van der Waals surface area contributed by atoms with Crippen LogP contribution in [0, 0.1) is 19.7 Å². The second kappa shape index (κ2) is 10.7. The van der Waals surface area contributed by atoms with E-state index in [1.165, 1.54) is 36.4 Å². The largest absolute Gasteiger partial charge is 0.507 e. The van der Waals surface area contributed by atoms with Crippen LogP contribution in [0.3, 0.4) is 0 Å². The lowest BCUT2D eigenvalue weighted by Gasteiger charge is -2.03. The molecule has 0 saturated carbocycles. The number of furan rings is 1. The van der Waals surface area contributed by atoms with Crippen LogP contribution in [-0.2, 0) is 0 Å². The number of carbonyl (C=O) groups is 1. The van der Waals surface area contributed by atoms with E-state index < -0.39 is 11.8 Å². The average Bonchev–Trinajstić information content (AvgIpc) is 3.21. The minimum Gasteiger partial charge on any atom is -0.507 e. The molecule has 31 heavy (non-hydrogen) atoms. The first kappa shape index (κ1) is 23.3. The molecule has 7 nitrogen and oxygen atoms in total. The molecule has 0 aliphatic rings. The average molecular weight is 425 g/mol. The Kier molecular flexibility index (Phi) is 8.08. The SMILES string of the molecule is C=C(C)NC.Cc1cc(N=Nc2ccc(C(=O)Oc3ccc(F)cc3)o2)cc(C)c1O. The Morgan fingerprint density at radius 1 is 1.10 bits per heavy atom. The molecule has 0 saturated heterocycles. The first-order chi connectivity index (χ1) is 14.7. The van der Waals surface area contributed by atoms with Crippen molar-refractivity contribution in [3.8, 4) is 11.5 Å². The summed E-state index contributed by atoms with van der Waals surface area (Å²) in [6.07, 6.45) is 0. The van der Waals surface area contributed by atoms with Crippen LogP contribution in [-0.4, -0.2) is 18.1 Å². The second-order valence-corrected chi connectivity index (χ2v) is 6.64. The third-order valence-electron chi connectivity index (χ3n) is 3.98. The van der Waals surface area contributed by atoms with Crippen molar-refractivity contribution >= 4 is 17.5 Å². The number of esters is 1. The van der Waals surface area contributed by atoms with Gasteiger partial charge in [-0.2, -0.15) is 0 Å². The number of aryl methyl sites for hydroxylation is 2. The summed E-state index contributed by atoms with van der Waals surface area (Å²) in [6, 6.07) is 11.3. The molecule has 0 aliphatic heterocycles. The van der Waals surface area contributed by atoms with Crippen molar-refractivity contribution < 1.29 is 23.4 Å². The normalized spacial score (nSPS) is 10.4. The maximum atomic E-state index is 12.9. The standard InChI is InChI=1S/C19H15FN2O4.C4H9N/c1-11-9-14(10-12(2)18(11)23)21-22-17-8-7-16(26-17)19(24)25-15-5-3-13(20)4-6-15;1-4(2)5-3/h3-10,23H,1-2H3;5H,1H2,2-3H3. The minimum atomic E-state index is -0.727. The van der Waals surface area contributed by atoms with Gasteiger partial charge in [-0.05, 0) is 80.1 Å². The maximum absolute atomic E-state index is 12.9. The molecule has 0 aliphatic carbocycles. The zero-order chi connectivity index (χ0) is 23.0. The summed E-state index contributed by atoms with van der Waals surface area (Å²) in [4.78, 5) is 12.0. The summed E-state index contributed by atoms with van der Waals surface area (Å²) in [7, 11) is 1.85. The number of allylic oxidation sites excluding steroid dienone is 1. The summed E-state index contributed by atoms with van der Waals surface area (Å²) in [5, 5.41) is 20.5. The Bertz CT molecular complexity index is 1070. The molecule has 0 atom stereocenters. The van der Waals surface area contributed by atoms with Crippen molar-refractivity contribution in [2.45, 2.75) is 20.8 Å². The van der Waals surface area contributed by atoms with Crippen molar-refractivity contribution in [1.29, 1.82) is 0 Å². The predicted octanol–water partition coefficient (Wildman–Crippen LogP) is 6.12. The number of azo groups is 1.